The number of hydrogen-bond acceptors (Lipinski definition) is 3. The van der Waals surface area contributed by atoms with Crippen molar-refractivity contribution in [1.82, 2.24) is 4.90 Å². The van der Waals surface area contributed by atoms with Crippen LogP contribution < -0.4 is 5.32 Å². The predicted octanol–water partition coefficient (Wildman–Crippen LogP) is 3.65. The molecule has 1 fully saturated rings. The molecule has 1 aromatic carbocycles. The van der Waals surface area contributed by atoms with Crippen molar-refractivity contribution in [2.24, 2.45) is 0 Å². The van der Waals surface area contributed by atoms with Gasteiger partial charge < -0.3 is 15.0 Å². The Kier molecular flexibility index (Phi) is 4.27. The topological polar surface area (TPSA) is 41.6 Å². The molecule has 0 spiro atoms. The number of ether oxygens (including phenoxy) is 1. The summed E-state index contributed by atoms with van der Waals surface area (Å²) in [6.45, 7) is 6.11. The van der Waals surface area contributed by atoms with E-state index in [2.05, 4.69) is 5.32 Å². The van der Waals surface area contributed by atoms with E-state index in [-0.39, 0.29) is 16.8 Å². The molecular formula is C14H17ClF2N2O2. The number of amides is 1. The second kappa shape index (κ2) is 5.67. The number of halogens is 3. The van der Waals surface area contributed by atoms with E-state index in [4.69, 9.17) is 16.3 Å². The maximum Gasteiger partial charge on any atom is 0.410 e. The molecule has 116 valence electrons. The standard InChI is InChI=1S/C14H17ClF2N2O2/c1-14(2,3)21-13(20)19-6-9(7-19)18-12-10(15)4-8(16)5-11(12)17/h4-5,9,18H,6-7H2,1-3H3. The highest BCUT2D eigenvalue weighted by Crippen LogP contribution is 2.28. The molecule has 0 saturated carbocycles. The van der Waals surface area contributed by atoms with Crippen molar-refractivity contribution in [2.75, 3.05) is 18.4 Å². The van der Waals surface area contributed by atoms with Crippen LogP contribution in [0.3, 0.4) is 0 Å². The molecule has 2 rings (SSSR count). The average Bonchev–Trinajstić information content (AvgIpc) is 2.21. The highest BCUT2D eigenvalue weighted by molar-refractivity contribution is 6.33. The van der Waals surface area contributed by atoms with Gasteiger partial charge in [0.1, 0.15) is 11.4 Å². The molecule has 0 radical (unpaired) electrons. The third-order valence-corrected chi connectivity index (χ3v) is 3.19. The highest BCUT2D eigenvalue weighted by atomic mass is 35.5. The lowest BCUT2D eigenvalue weighted by atomic mass is 10.1. The van der Waals surface area contributed by atoms with Crippen molar-refractivity contribution in [3.8, 4) is 0 Å². The zero-order valence-corrected chi connectivity index (χ0v) is 12.8. The zero-order valence-electron chi connectivity index (χ0n) is 12.0. The van der Waals surface area contributed by atoms with Crippen LogP contribution in [0.1, 0.15) is 20.8 Å². The molecule has 1 N–H and O–H groups in total. The van der Waals surface area contributed by atoms with E-state index in [9.17, 15) is 13.6 Å². The smallest absolute Gasteiger partial charge is 0.410 e. The van der Waals surface area contributed by atoms with Gasteiger partial charge >= 0.3 is 6.09 Å². The molecular weight excluding hydrogens is 302 g/mol. The van der Waals surface area contributed by atoms with Gasteiger partial charge in [-0.3, -0.25) is 0 Å². The molecule has 0 unspecified atom stereocenters. The molecule has 0 aliphatic carbocycles. The monoisotopic (exact) mass is 318 g/mol. The first-order chi connectivity index (χ1) is 9.65. The number of carbonyl (C=O) groups excluding carboxylic acids is 1. The van der Waals surface area contributed by atoms with Crippen molar-refractivity contribution in [3.63, 3.8) is 0 Å². The van der Waals surface area contributed by atoms with E-state index in [1.165, 1.54) is 4.90 Å². The second-order valence-electron chi connectivity index (χ2n) is 5.97. The van der Waals surface area contributed by atoms with E-state index in [1.54, 1.807) is 20.8 Å². The number of likely N-dealkylation sites (tertiary alicyclic amines) is 1. The lowest BCUT2D eigenvalue weighted by Crippen LogP contribution is -2.58. The van der Waals surface area contributed by atoms with Gasteiger partial charge in [0.2, 0.25) is 0 Å². The number of nitrogens with one attached hydrogen (secondary N) is 1. The molecule has 0 bridgehead atoms. The van der Waals surface area contributed by atoms with Crippen LogP contribution in [0.15, 0.2) is 12.1 Å². The number of hydrogen-bond donors (Lipinski definition) is 1. The normalized spacial score (nSPS) is 15.6. The molecule has 7 heteroatoms. The van der Waals surface area contributed by atoms with Crippen LogP contribution in [-0.4, -0.2) is 35.7 Å². The minimum absolute atomic E-state index is 0.0248. The molecule has 1 heterocycles. The number of benzene rings is 1. The lowest BCUT2D eigenvalue weighted by molar-refractivity contribution is 0.0105. The van der Waals surface area contributed by atoms with Crippen LogP contribution >= 0.6 is 11.6 Å². The number of nitrogens with zero attached hydrogens (tertiary/aromatic N) is 1. The third-order valence-electron chi connectivity index (χ3n) is 2.89. The number of anilines is 1. The van der Waals surface area contributed by atoms with Gasteiger partial charge in [0, 0.05) is 19.2 Å². The van der Waals surface area contributed by atoms with Crippen LogP contribution in [0.25, 0.3) is 0 Å². The van der Waals surface area contributed by atoms with Crippen LogP contribution in [0.4, 0.5) is 19.3 Å². The number of carbonyl (C=O) groups is 1. The Balaban J connectivity index is 1.90. The summed E-state index contributed by atoms with van der Waals surface area (Å²) in [6, 6.07) is 1.66. The summed E-state index contributed by atoms with van der Waals surface area (Å²) >= 11 is 5.80. The first-order valence-corrected chi connectivity index (χ1v) is 6.92. The van der Waals surface area contributed by atoms with Gasteiger partial charge in [0.15, 0.2) is 5.82 Å². The fraction of sp³-hybridized carbons (Fsp3) is 0.500. The van der Waals surface area contributed by atoms with Crippen molar-refractivity contribution in [1.29, 1.82) is 0 Å². The molecule has 1 amide bonds. The molecule has 1 aromatic rings. The van der Waals surface area contributed by atoms with Gasteiger partial charge in [0.25, 0.3) is 0 Å². The van der Waals surface area contributed by atoms with E-state index < -0.39 is 23.3 Å². The SMILES string of the molecule is CC(C)(C)OC(=O)N1CC(Nc2c(F)cc(F)cc2Cl)C1. The van der Waals surface area contributed by atoms with E-state index in [0.717, 1.165) is 12.1 Å². The summed E-state index contributed by atoms with van der Waals surface area (Å²) < 4.78 is 31.8. The Morgan fingerprint density at radius 3 is 2.52 bits per heavy atom. The second-order valence-corrected chi connectivity index (χ2v) is 6.38. The maximum absolute atomic E-state index is 13.6. The first kappa shape index (κ1) is 15.8. The molecule has 0 atom stereocenters. The van der Waals surface area contributed by atoms with Gasteiger partial charge in [-0.15, -0.1) is 0 Å². The van der Waals surface area contributed by atoms with Crippen LogP contribution in [-0.2, 0) is 4.74 Å². The third kappa shape index (κ3) is 3.97. The maximum atomic E-state index is 13.6. The zero-order chi connectivity index (χ0) is 15.8. The molecule has 0 aromatic heterocycles. The summed E-state index contributed by atoms with van der Waals surface area (Å²) in [5, 5.41) is 2.84. The fourth-order valence-electron chi connectivity index (χ4n) is 1.93. The Morgan fingerprint density at radius 1 is 1.38 bits per heavy atom. The van der Waals surface area contributed by atoms with Crippen molar-refractivity contribution < 1.29 is 18.3 Å². The fourth-order valence-corrected chi connectivity index (χ4v) is 2.18. The van der Waals surface area contributed by atoms with Crippen LogP contribution in [0.5, 0.6) is 0 Å². The summed E-state index contributed by atoms with van der Waals surface area (Å²) in [5.41, 5.74) is -0.506. The van der Waals surface area contributed by atoms with Gasteiger partial charge in [-0.1, -0.05) is 11.6 Å². The van der Waals surface area contributed by atoms with E-state index in [0.29, 0.717) is 13.1 Å². The predicted molar refractivity (Wildman–Crippen MR) is 76.6 cm³/mol. The Hall–Kier alpha value is -1.56. The lowest BCUT2D eigenvalue weighted by Gasteiger charge is -2.40. The first-order valence-electron chi connectivity index (χ1n) is 6.55. The van der Waals surface area contributed by atoms with E-state index in [1.807, 2.05) is 0 Å². The summed E-state index contributed by atoms with van der Waals surface area (Å²) in [6.07, 6.45) is -0.411. The van der Waals surface area contributed by atoms with Gasteiger partial charge in [-0.25, -0.2) is 13.6 Å². The molecule has 21 heavy (non-hydrogen) atoms. The Bertz CT molecular complexity index is 531. The van der Waals surface area contributed by atoms with Crippen LogP contribution in [0, 0.1) is 11.6 Å². The minimum atomic E-state index is -0.754. The molecule has 1 aliphatic rings. The Morgan fingerprint density at radius 2 is 2.00 bits per heavy atom. The quantitative estimate of drug-likeness (QED) is 0.905. The van der Waals surface area contributed by atoms with Gasteiger partial charge in [-0.2, -0.15) is 0 Å². The molecule has 1 saturated heterocycles. The highest BCUT2D eigenvalue weighted by Gasteiger charge is 2.34. The molecule has 4 nitrogen and oxygen atoms in total. The van der Waals surface area contributed by atoms with Crippen molar-refractivity contribution >= 4 is 23.4 Å². The van der Waals surface area contributed by atoms with Crippen LogP contribution in [0.2, 0.25) is 5.02 Å². The van der Waals surface area contributed by atoms with Gasteiger partial charge in [0.05, 0.1) is 16.8 Å². The largest absolute Gasteiger partial charge is 0.444 e. The van der Waals surface area contributed by atoms with E-state index >= 15 is 0 Å². The minimum Gasteiger partial charge on any atom is -0.444 e. The molecule has 1 aliphatic heterocycles. The van der Waals surface area contributed by atoms with Gasteiger partial charge in [-0.05, 0) is 26.8 Å². The number of rotatable bonds is 2. The average molecular weight is 319 g/mol. The summed E-state index contributed by atoms with van der Waals surface area (Å²) in [4.78, 5) is 13.2. The summed E-state index contributed by atoms with van der Waals surface area (Å²) in [7, 11) is 0. The summed E-state index contributed by atoms with van der Waals surface area (Å²) in [5.74, 6) is -1.48. The Labute approximate surface area is 127 Å². The van der Waals surface area contributed by atoms with Crippen molar-refractivity contribution in [3.05, 3.63) is 28.8 Å². The van der Waals surface area contributed by atoms with Crippen molar-refractivity contribution in [2.45, 2.75) is 32.4 Å².